The molecule has 1 aromatic heterocycles. The topological polar surface area (TPSA) is 155 Å². The van der Waals surface area contributed by atoms with Gasteiger partial charge >= 0.3 is 0 Å². The van der Waals surface area contributed by atoms with Crippen molar-refractivity contribution in [2.75, 3.05) is 32.7 Å². The molecule has 2 heterocycles. The minimum Gasteiger partial charge on any atom is -0.390 e. The summed E-state index contributed by atoms with van der Waals surface area (Å²) in [5.41, 5.74) is 1.44. The highest BCUT2D eigenvalue weighted by Crippen LogP contribution is 2.26. The minimum atomic E-state index is -1.06. The van der Waals surface area contributed by atoms with Crippen LogP contribution in [0.1, 0.15) is 58.2 Å². The number of amides is 1. The van der Waals surface area contributed by atoms with Gasteiger partial charge in [-0.15, -0.1) is 5.10 Å². The van der Waals surface area contributed by atoms with E-state index in [1.54, 1.807) is 17.0 Å². The van der Waals surface area contributed by atoms with Crippen LogP contribution < -0.4 is 10.2 Å². The molecule has 0 radical (unpaired) electrons. The van der Waals surface area contributed by atoms with Crippen LogP contribution in [-0.2, 0) is 32.0 Å². The summed E-state index contributed by atoms with van der Waals surface area (Å²) in [6.07, 6.45) is 2.02. The summed E-state index contributed by atoms with van der Waals surface area (Å²) in [5, 5.41) is 43.9. The normalized spacial score (nSPS) is 21.7. The van der Waals surface area contributed by atoms with E-state index in [1.807, 2.05) is 77.0 Å². The number of hydrogen-bond donors (Lipinski definition) is 3. The molecular weight excluding hydrogens is 600 g/mol. The van der Waals surface area contributed by atoms with Gasteiger partial charge in [0.2, 0.25) is 0 Å². The van der Waals surface area contributed by atoms with Gasteiger partial charge in [-0.05, 0) is 74.2 Å². The van der Waals surface area contributed by atoms with Crippen LogP contribution in [0.5, 0.6) is 0 Å². The first kappa shape index (κ1) is 36.0. The van der Waals surface area contributed by atoms with E-state index in [-0.39, 0.29) is 18.5 Å². The highest BCUT2D eigenvalue weighted by molar-refractivity contribution is 6.02. The van der Waals surface area contributed by atoms with Gasteiger partial charge < -0.3 is 34.6 Å². The summed E-state index contributed by atoms with van der Waals surface area (Å²) in [6.45, 7) is 8.43. The zero-order chi connectivity index (χ0) is 34.4. The molecule has 0 spiro atoms. The number of nitrogens with zero attached hydrogens (tertiary/aromatic N) is 5. The van der Waals surface area contributed by atoms with Crippen molar-refractivity contribution in [1.82, 2.24) is 20.3 Å². The molecule has 1 unspecified atom stereocenters. The highest BCUT2D eigenvalue weighted by atomic mass is 16.7. The lowest BCUT2D eigenvalue weighted by Crippen LogP contribution is -2.50. The largest absolute Gasteiger partial charge is 0.390 e. The van der Waals surface area contributed by atoms with Crippen LogP contribution in [0.2, 0.25) is 0 Å². The van der Waals surface area contributed by atoms with Crippen LogP contribution in [0, 0.1) is 11.3 Å². The Hall–Kier alpha value is -3.86. The number of nitriles is 1. The second-order valence-corrected chi connectivity index (χ2v) is 13.3. The number of aliphatic hydroxyl groups is 2. The number of fused-ring (bicyclic) bond motifs is 1. The van der Waals surface area contributed by atoms with Crippen molar-refractivity contribution in [3.8, 4) is 6.07 Å². The molecule has 4 rings (SSSR count). The van der Waals surface area contributed by atoms with Gasteiger partial charge in [0.15, 0.2) is 6.29 Å². The monoisotopic (exact) mass is 648 g/mol. The zero-order valence-corrected chi connectivity index (χ0v) is 28.4. The van der Waals surface area contributed by atoms with Crippen molar-refractivity contribution in [2.24, 2.45) is 0 Å². The van der Waals surface area contributed by atoms with E-state index < -0.39 is 41.6 Å². The number of anilines is 1. The summed E-state index contributed by atoms with van der Waals surface area (Å²) in [7, 11) is 5.49. The van der Waals surface area contributed by atoms with Crippen molar-refractivity contribution >= 4 is 28.4 Å². The van der Waals surface area contributed by atoms with Crippen molar-refractivity contribution < 1.29 is 29.2 Å². The lowest BCUT2D eigenvalue weighted by molar-refractivity contribution is -0.245. The van der Waals surface area contributed by atoms with Gasteiger partial charge in [0.1, 0.15) is 23.9 Å². The molecule has 0 bridgehead atoms. The number of carbonyl (C=O) groups excluding carboxylic acids is 1. The number of ether oxygens (including phenoxy) is 3. The maximum Gasteiger partial charge on any atom is 0.262 e. The number of benzene rings is 2. The Kier molecular flexibility index (Phi) is 11.8. The van der Waals surface area contributed by atoms with E-state index in [4.69, 9.17) is 14.2 Å². The fourth-order valence-corrected chi connectivity index (χ4v) is 5.50. The third kappa shape index (κ3) is 9.59. The number of hydrogen-bond acceptors (Lipinski definition) is 10. The Labute approximate surface area is 276 Å². The predicted octanol–water partition coefficient (Wildman–Crippen LogP) is 3.60. The third-order valence-corrected chi connectivity index (χ3v) is 8.72. The van der Waals surface area contributed by atoms with Gasteiger partial charge in [0.05, 0.1) is 23.9 Å². The molecular formula is C35H48N6O6. The predicted molar refractivity (Wildman–Crippen MR) is 179 cm³/mol. The van der Waals surface area contributed by atoms with E-state index in [2.05, 4.69) is 27.8 Å². The van der Waals surface area contributed by atoms with E-state index in [9.17, 15) is 20.3 Å². The lowest BCUT2D eigenvalue weighted by Gasteiger charge is -2.36. The summed E-state index contributed by atoms with van der Waals surface area (Å²) < 4.78 is 18.9. The maximum atomic E-state index is 13.1. The fraction of sp³-hybridized carbons (Fsp3) is 0.543. The van der Waals surface area contributed by atoms with Crippen LogP contribution in [0.15, 0.2) is 48.2 Å². The maximum absolute atomic E-state index is 13.1. The standard InChI is InChI=1S/C35H48N6O6/c1-8-35(4,19-27-21-41(39-38-27)22-30-32(43)29(42)18-31(45-7)47-30)46-14-13-34(2,3)37-33(44)26(20-36)16-23-9-10-25-17-28(40(5)6)12-11-24(25)15-23/h9-12,15-17,21,29-32,42-43H,8,13-14,18-19,22H2,1-7H3,(H,37,44)/b26-16+/t29-,30-,31+,32+,35?/m1/s1. The van der Waals surface area contributed by atoms with E-state index in [0.717, 1.165) is 22.0 Å². The summed E-state index contributed by atoms with van der Waals surface area (Å²) in [6, 6.07) is 14.1. The molecule has 5 atom stereocenters. The van der Waals surface area contributed by atoms with Crippen LogP contribution in [0.3, 0.4) is 0 Å². The van der Waals surface area contributed by atoms with Crippen molar-refractivity contribution in [1.29, 1.82) is 5.26 Å². The average Bonchev–Trinajstić information content (AvgIpc) is 3.46. The SMILES string of the molecule is CCC(C)(Cc1cn(C[C@H]2O[C@H](OC)C[C@@H](O)[C@@H]2O)nn1)OCCC(C)(C)NC(=O)/C(C#N)=C/c1ccc2cc(N(C)C)ccc2c1. The number of nitrogens with one attached hydrogen (secondary N) is 1. The van der Waals surface area contributed by atoms with Crippen LogP contribution >= 0.6 is 0 Å². The fourth-order valence-electron chi connectivity index (χ4n) is 5.50. The van der Waals surface area contributed by atoms with E-state index >= 15 is 0 Å². The number of aromatic nitrogens is 3. The van der Waals surface area contributed by atoms with Gasteiger partial charge in [-0.1, -0.05) is 30.3 Å². The highest BCUT2D eigenvalue weighted by Gasteiger charge is 2.37. The number of carbonyl (C=O) groups is 1. The zero-order valence-electron chi connectivity index (χ0n) is 28.4. The average molecular weight is 649 g/mol. The summed E-state index contributed by atoms with van der Waals surface area (Å²) in [5.74, 6) is -0.438. The smallest absolute Gasteiger partial charge is 0.262 e. The Morgan fingerprint density at radius 3 is 2.62 bits per heavy atom. The van der Waals surface area contributed by atoms with Crippen molar-refractivity contribution in [2.45, 2.75) is 95.7 Å². The van der Waals surface area contributed by atoms with Crippen LogP contribution in [-0.4, -0.2) is 94.7 Å². The molecule has 254 valence electrons. The van der Waals surface area contributed by atoms with Crippen LogP contribution in [0.25, 0.3) is 16.8 Å². The van der Waals surface area contributed by atoms with Gasteiger partial charge in [0, 0.05) is 58.1 Å². The van der Waals surface area contributed by atoms with Crippen molar-refractivity contribution in [3.63, 3.8) is 0 Å². The van der Waals surface area contributed by atoms with Gasteiger partial charge in [-0.25, -0.2) is 4.68 Å². The molecule has 1 amide bonds. The molecule has 1 fully saturated rings. The molecule has 0 saturated carbocycles. The van der Waals surface area contributed by atoms with Crippen LogP contribution in [0.4, 0.5) is 5.69 Å². The Morgan fingerprint density at radius 1 is 1.21 bits per heavy atom. The second-order valence-electron chi connectivity index (χ2n) is 13.3. The third-order valence-electron chi connectivity index (χ3n) is 8.72. The lowest BCUT2D eigenvalue weighted by atomic mass is 9.96. The first-order chi connectivity index (χ1) is 22.2. The van der Waals surface area contributed by atoms with Crippen molar-refractivity contribution in [3.05, 3.63) is 59.4 Å². The first-order valence-electron chi connectivity index (χ1n) is 16.0. The summed E-state index contributed by atoms with van der Waals surface area (Å²) >= 11 is 0. The minimum absolute atomic E-state index is 0.0307. The molecule has 2 aromatic carbocycles. The first-order valence-corrected chi connectivity index (χ1v) is 16.0. The second kappa shape index (κ2) is 15.4. The Bertz CT molecular complexity index is 1600. The molecule has 1 aliphatic rings. The van der Waals surface area contributed by atoms with E-state index in [0.29, 0.717) is 31.6 Å². The Balaban J connectivity index is 1.31. The molecule has 47 heavy (non-hydrogen) atoms. The molecule has 12 heteroatoms. The molecule has 3 aromatic rings. The molecule has 3 N–H and O–H groups in total. The number of rotatable bonds is 14. The number of aliphatic hydroxyl groups excluding tert-OH is 2. The van der Waals surface area contributed by atoms with Gasteiger partial charge in [0.25, 0.3) is 5.91 Å². The van der Waals surface area contributed by atoms with Gasteiger partial charge in [-0.2, -0.15) is 5.26 Å². The molecule has 12 nitrogen and oxygen atoms in total. The molecule has 1 saturated heterocycles. The quantitative estimate of drug-likeness (QED) is 0.174. The number of methoxy groups -OCH3 is 1. The summed E-state index contributed by atoms with van der Waals surface area (Å²) in [4.78, 5) is 15.2. The molecule has 1 aliphatic heterocycles. The van der Waals surface area contributed by atoms with E-state index in [1.165, 1.54) is 7.11 Å². The van der Waals surface area contributed by atoms with Gasteiger partial charge in [-0.3, -0.25) is 4.79 Å². The Morgan fingerprint density at radius 2 is 1.94 bits per heavy atom. The molecule has 0 aliphatic carbocycles.